The minimum absolute atomic E-state index is 0.0854. The van der Waals surface area contributed by atoms with Crippen LogP contribution in [0.5, 0.6) is 0 Å². The highest BCUT2D eigenvalue weighted by Crippen LogP contribution is 2.12. The number of nitrogens with zero attached hydrogens (tertiary/aromatic N) is 3. The molecule has 0 aliphatic heterocycles. The zero-order valence-corrected chi connectivity index (χ0v) is 7.99. The van der Waals surface area contributed by atoms with Crippen LogP contribution in [-0.2, 0) is 6.54 Å². The molecule has 1 aromatic rings. The van der Waals surface area contributed by atoms with Crippen LogP contribution in [0.2, 0.25) is 0 Å². The second-order valence-electron chi connectivity index (χ2n) is 2.92. The molecule has 0 aliphatic carbocycles. The summed E-state index contributed by atoms with van der Waals surface area (Å²) in [5.41, 5.74) is 8.15. The van der Waals surface area contributed by atoms with Crippen LogP contribution in [0.25, 0.3) is 10.4 Å². The topological polar surface area (TPSA) is 123 Å². The minimum Gasteiger partial charge on any atom is -0.478 e. The van der Waals surface area contributed by atoms with Gasteiger partial charge in [-0.05, 0) is 29.3 Å². The smallest absolute Gasteiger partial charge is 0.335 e. The summed E-state index contributed by atoms with van der Waals surface area (Å²) in [4.78, 5) is 23.9. The van der Waals surface area contributed by atoms with Crippen molar-refractivity contribution in [3.63, 3.8) is 0 Å². The lowest BCUT2D eigenvalue weighted by molar-refractivity contribution is 0.0696. The van der Waals surface area contributed by atoms with Crippen LogP contribution in [0.4, 0.5) is 0 Å². The number of carboxylic acid groups (broad SMARTS) is 2. The molecule has 0 aromatic heterocycles. The zero-order valence-electron chi connectivity index (χ0n) is 7.99. The second kappa shape index (κ2) is 4.81. The van der Waals surface area contributed by atoms with E-state index in [0.29, 0.717) is 5.56 Å². The van der Waals surface area contributed by atoms with E-state index < -0.39 is 11.9 Å². The number of azide groups is 1. The SMILES string of the molecule is [N-]=[N+]=NCc1cc(C(=O)O)cc(C(=O)O)c1. The highest BCUT2D eigenvalue weighted by molar-refractivity contribution is 5.94. The Bertz CT molecular complexity index is 459. The molecule has 1 aromatic carbocycles. The number of hydrogen-bond acceptors (Lipinski definition) is 3. The van der Waals surface area contributed by atoms with Gasteiger partial charge in [-0.2, -0.15) is 0 Å². The maximum atomic E-state index is 10.7. The Hall–Kier alpha value is -2.53. The fourth-order valence-electron chi connectivity index (χ4n) is 1.14. The lowest BCUT2D eigenvalue weighted by Crippen LogP contribution is -2.03. The predicted octanol–water partition coefficient (Wildman–Crippen LogP) is 1.89. The molecule has 0 saturated carbocycles. The Balaban J connectivity index is 3.23. The van der Waals surface area contributed by atoms with Crippen molar-refractivity contribution in [1.29, 1.82) is 0 Å². The standard InChI is InChI=1S/C9H7N3O4/c10-12-11-4-5-1-6(8(13)14)3-7(2-5)9(15)16/h1-3H,4H2,(H,13,14)(H,15,16). The van der Waals surface area contributed by atoms with E-state index in [1.54, 1.807) is 0 Å². The van der Waals surface area contributed by atoms with Crippen molar-refractivity contribution >= 4 is 11.9 Å². The molecule has 0 radical (unpaired) electrons. The number of carboxylic acids is 2. The second-order valence-corrected chi connectivity index (χ2v) is 2.92. The molecule has 7 heteroatoms. The van der Waals surface area contributed by atoms with Crippen molar-refractivity contribution in [3.8, 4) is 0 Å². The monoisotopic (exact) mass is 221 g/mol. The van der Waals surface area contributed by atoms with Crippen LogP contribution in [0.3, 0.4) is 0 Å². The van der Waals surface area contributed by atoms with Gasteiger partial charge in [-0.1, -0.05) is 5.11 Å². The number of hydrogen-bond donors (Lipinski definition) is 2. The van der Waals surface area contributed by atoms with Gasteiger partial charge in [0, 0.05) is 4.91 Å². The summed E-state index contributed by atoms with van der Waals surface area (Å²) in [7, 11) is 0. The molecule has 0 fully saturated rings. The van der Waals surface area contributed by atoms with E-state index in [2.05, 4.69) is 10.0 Å². The molecule has 0 saturated heterocycles. The number of carbonyl (C=O) groups is 2. The molecule has 0 aliphatic rings. The van der Waals surface area contributed by atoms with Gasteiger partial charge >= 0.3 is 11.9 Å². The maximum absolute atomic E-state index is 10.7. The molecule has 0 unspecified atom stereocenters. The van der Waals surface area contributed by atoms with Crippen LogP contribution in [0.15, 0.2) is 23.3 Å². The Labute approximate surface area is 89.6 Å². The largest absolute Gasteiger partial charge is 0.478 e. The first-order valence-electron chi connectivity index (χ1n) is 4.16. The van der Waals surface area contributed by atoms with Gasteiger partial charge in [0.25, 0.3) is 0 Å². The van der Waals surface area contributed by atoms with Gasteiger partial charge in [-0.15, -0.1) is 0 Å². The summed E-state index contributed by atoms with van der Waals surface area (Å²) in [5, 5.41) is 20.7. The van der Waals surface area contributed by atoms with Crippen LogP contribution < -0.4 is 0 Å². The average molecular weight is 221 g/mol. The first kappa shape index (κ1) is 11.5. The summed E-state index contributed by atoms with van der Waals surface area (Å²) in [6.45, 7) is -0.0854. The molecule has 0 bridgehead atoms. The fourth-order valence-corrected chi connectivity index (χ4v) is 1.14. The number of aromatic carboxylic acids is 2. The van der Waals surface area contributed by atoms with Crippen LogP contribution >= 0.6 is 0 Å². The van der Waals surface area contributed by atoms with Gasteiger partial charge in [0.05, 0.1) is 17.7 Å². The summed E-state index contributed by atoms with van der Waals surface area (Å²) >= 11 is 0. The molecule has 1 rings (SSSR count). The Morgan fingerprint density at radius 1 is 1.19 bits per heavy atom. The van der Waals surface area contributed by atoms with Gasteiger partial charge in [-0.3, -0.25) is 0 Å². The molecular formula is C9H7N3O4. The molecule has 82 valence electrons. The minimum atomic E-state index is -1.23. The highest BCUT2D eigenvalue weighted by atomic mass is 16.4. The quantitative estimate of drug-likeness (QED) is 0.457. The van der Waals surface area contributed by atoms with E-state index in [1.165, 1.54) is 12.1 Å². The lowest BCUT2D eigenvalue weighted by atomic mass is 10.1. The third-order valence-electron chi connectivity index (χ3n) is 1.80. The average Bonchev–Trinajstić information content (AvgIpc) is 2.25. The van der Waals surface area contributed by atoms with Crippen molar-refractivity contribution in [2.75, 3.05) is 0 Å². The van der Waals surface area contributed by atoms with Crippen LogP contribution in [0, 0.1) is 0 Å². The van der Waals surface area contributed by atoms with E-state index in [-0.39, 0.29) is 17.7 Å². The van der Waals surface area contributed by atoms with E-state index in [0.717, 1.165) is 6.07 Å². The molecule has 0 amide bonds. The molecule has 0 atom stereocenters. The summed E-state index contributed by atoms with van der Waals surface area (Å²) in [6.07, 6.45) is 0. The third-order valence-corrected chi connectivity index (χ3v) is 1.80. The number of rotatable bonds is 4. The lowest BCUT2D eigenvalue weighted by Gasteiger charge is -2.02. The van der Waals surface area contributed by atoms with Crippen LogP contribution in [0.1, 0.15) is 26.3 Å². The fraction of sp³-hybridized carbons (Fsp3) is 0.111. The molecule has 7 nitrogen and oxygen atoms in total. The Kier molecular flexibility index (Phi) is 3.47. The Morgan fingerprint density at radius 3 is 2.06 bits per heavy atom. The molecule has 0 heterocycles. The molecular weight excluding hydrogens is 214 g/mol. The van der Waals surface area contributed by atoms with Crippen molar-refractivity contribution in [1.82, 2.24) is 0 Å². The first-order valence-corrected chi connectivity index (χ1v) is 4.16. The van der Waals surface area contributed by atoms with Crippen molar-refractivity contribution in [2.24, 2.45) is 5.11 Å². The first-order chi connectivity index (χ1) is 7.54. The van der Waals surface area contributed by atoms with E-state index in [9.17, 15) is 9.59 Å². The van der Waals surface area contributed by atoms with Gasteiger partial charge in [0.1, 0.15) is 0 Å². The highest BCUT2D eigenvalue weighted by Gasteiger charge is 2.10. The summed E-state index contributed by atoms with van der Waals surface area (Å²) in [6, 6.07) is 3.58. The van der Waals surface area contributed by atoms with E-state index in [4.69, 9.17) is 15.7 Å². The summed E-state index contributed by atoms with van der Waals surface area (Å²) in [5.74, 6) is -2.46. The predicted molar refractivity (Wildman–Crippen MR) is 53.2 cm³/mol. The van der Waals surface area contributed by atoms with Crippen LogP contribution in [-0.4, -0.2) is 22.2 Å². The normalized spacial score (nSPS) is 9.25. The Morgan fingerprint density at radius 2 is 1.69 bits per heavy atom. The van der Waals surface area contributed by atoms with Crippen molar-refractivity contribution in [3.05, 3.63) is 45.3 Å². The summed E-state index contributed by atoms with van der Waals surface area (Å²) < 4.78 is 0. The van der Waals surface area contributed by atoms with Gasteiger partial charge in [0.15, 0.2) is 0 Å². The van der Waals surface area contributed by atoms with Crippen molar-refractivity contribution in [2.45, 2.75) is 6.54 Å². The molecule has 2 N–H and O–H groups in total. The van der Waals surface area contributed by atoms with E-state index in [1.807, 2.05) is 0 Å². The molecule has 16 heavy (non-hydrogen) atoms. The maximum Gasteiger partial charge on any atom is 0.335 e. The van der Waals surface area contributed by atoms with E-state index >= 15 is 0 Å². The van der Waals surface area contributed by atoms with Gasteiger partial charge < -0.3 is 10.2 Å². The molecule has 0 spiro atoms. The number of benzene rings is 1. The van der Waals surface area contributed by atoms with Gasteiger partial charge in [-0.25, -0.2) is 9.59 Å². The van der Waals surface area contributed by atoms with Gasteiger partial charge in [0.2, 0.25) is 0 Å². The zero-order chi connectivity index (χ0) is 12.1. The van der Waals surface area contributed by atoms with Crippen molar-refractivity contribution < 1.29 is 19.8 Å². The third kappa shape index (κ3) is 2.73.